The molecule has 16 heteroatoms. The summed E-state index contributed by atoms with van der Waals surface area (Å²) in [6.07, 6.45) is -3.18. The summed E-state index contributed by atoms with van der Waals surface area (Å²) in [7, 11) is 7.20. The molecule has 1 aliphatic rings. The Morgan fingerprint density at radius 1 is 0.556 bits per heavy atom. The van der Waals surface area contributed by atoms with Crippen molar-refractivity contribution in [3.05, 3.63) is 126 Å². The second-order valence-electron chi connectivity index (χ2n) is 14.6. The van der Waals surface area contributed by atoms with Gasteiger partial charge in [-0.15, -0.1) is 0 Å². The highest BCUT2D eigenvalue weighted by atomic mass is 31.2. The van der Waals surface area contributed by atoms with E-state index < -0.39 is 38.1 Å². The zero-order valence-corrected chi connectivity index (χ0v) is 37.5. The van der Waals surface area contributed by atoms with Crippen LogP contribution in [-0.4, -0.2) is 96.5 Å². The van der Waals surface area contributed by atoms with E-state index in [1.54, 1.807) is 117 Å². The molecule has 1 saturated heterocycles. The van der Waals surface area contributed by atoms with Gasteiger partial charge in [-0.1, -0.05) is 24.3 Å². The van der Waals surface area contributed by atoms with Crippen molar-refractivity contribution in [3.8, 4) is 46.0 Å². The van der Waals surface area contributed by atoms with Gasteiger partial charge in [0.05, 0.1) is 81.9 Å². The van der Waals surface area contributed by atoms with Crippen LogP contribution in [0.2, 0.25) is 0 Å². The summed E-state index contributed by atoms with van der Waals surface area (Å²) in [6.45, 7) is 0.242. The highest BCUT2D eigenvalue weighted by Crippen LogP contribution is 2.46. The molecule has 1 N–H and O–H groups in total. The van der Waals surface area contributed by atoms with E-state index in [2.05, 4.69) is 4.98 Å². The lowest BCUT2D eigenvalue weighted by atomic mass is 9.96. The SMILES string of the molecule is COc1ccc(OC2O[C@H](CCP(=O)(O)Cc3ccccn3)[C@@H](OCc3ccc(OC)c(OC)c3)[C@H](OCc3ccc(OC)c(OC)c3)[C@@H]2OCc2ccc(OC)c(OC)c2)cc1. The first kappa shape index (κ1) is 47.0. The first-order valence-corrected chi connectivity index (χ1v) is 22.3. The smallest absolute Gasteiger partial charge is 0.229 e. The Morgan fingerprint density at radius 3 is 1.49 bits per heavy atom. The predicted octanol–water partition coefficient (Wildman–Crippen LogP) is 7.86. The van der Waals surface area contributed by atoms with E-state index in [0.717, 1.165) is 16.7 Å². The van der Waals surface area contributed by atoms with Gasteiger partial charge >= 0.3 is 0 Å². The second kappa shape index (κ2) is 22.7. The molecule has 0 bridgehead atoms. The minimum absolute atomic E-state index is 0.0794. The van der Waals surface area contributed by atoms with Gasteiger partial charge < -0.3 is 61.7 Å². The molecule has 2 heterocycles. The van der Waals surface area contributed by atoms with Crippen molar-refractivity contribution < 1.29 is 66.3 Å². The number of methoxy groups -OCH3 is 7. The lowest BCUT2D eigenvalue weighted by Gasteiger charge is -2.46. The van der Waals surface area contributed by atoms with Gasteiger partial charge in [0.2, 0.25) is 13.7 Å². The summed E-state index contributed by atoms with van der Waals surface area (Å²) < 4.78 is 86.5. The average molecular weight is 890 g/mol. The maximum atomic E-state index is 13.9. The molecule has 0 aliphatic carbocycles. The third-order valence-corrected chi connectivity index (χ3v) is 12.2. The molecule has 0 radical (unpaired) electrons. The average Bonchev–Trinajstić information content (AvgIpc) is 3.31. The number of rotatable bonds is 23. The van der Waals surface area contributed by atoms with Crippen molar-refractivity contribution in [2.45, 2.75) is 63.1 Å². The summed E-state index contributed by atoms with van der Waals surface area (Å²) in [4.78, 5) is 15.6. The van der Waals surface area contributed by atoms with E-state index in [1.165, 1.54) is 0 Å². The molecule has 63 heavy (non-hydrogen) atoms. The molecule has 1 fully saturated rings. The van der Waals surface area contributed by atoms with E-state index in [1.807, 2.05) is 36.4 Å². The quantitative estimate of drug-likeness (QED) is 0.0631. The zero-order chi connectivity index (χ0) is 44.8. The molecule has 5 aromatic rings. The second-order valence-corrected chi connectivity index (χ2v) is 17.0. The van der Waals surface area contributed by atoms with Crippen LogP contribution in [0.4, 0.5) is 0 Å². The van der Waals surface area contributed by atoms with Crippen LogP contribution in [0.15, 0.2) is 103 Å². The molecule has 4 aromatic carbocycles. The third kappa shape index (κ3) is 12.6. The number of benzene rings is 4. The fraction of sp³-hybridized carbons (Fsp3) is 0.383. The Morgan fingerprint density at radius 2 is 1.03 bits per heavy atom. The Balaban J connectivity index is 1.41. The normalized spacial score (nSPS) is 19.3. The molecule has 1 aliphatic heterocycles. The minimum atomic E-state index is -3.79. The first-order chi connectivity index (χ1) is 30.6. The molecule has 0 amide bonds. The summed E-state index contributed by atoms with van der Waals surface area (Å²) in [5.41, 5.74) is 2.83. The molecule has 1 aromatic heterocycles. The molecule has 0 saturated carbocycles. The van der Waals surface area contributed by atoms with Gasteiger partial charge in [0.15, 0.2) is 34.5 Å². The van der Waals surface area contributed by atoms with Crippen LogP contribution in [0.25, 0.3) is 0 Å². The van der Waals surface area contributed by atoms with Gasteiger partial charge in [-0.2, -0.15) is 0 Å². The van der Waals surface area contributed by atoms with E-state index in [4.69, 9.17) is 56.8 Å². The van der Waals surface area contributed by atoms with Crippen LogP contribution in [0, 0.1) is 0 Å². The van der Waals surface area contributed by atoms with Crippen LogP contribution in [0.1, 0.15) is 28.8 Å². The van der Waals surface area contributed by atoms with Crippen molar-refractivity contribution in [2.75, 3.05) is 55.9 Å². The van der Waals surface area contributed by atoms with Gasteiger partial charge in [-0.3, -0.25) is 9.55 Å². The summed E-state index contributed by atoms with van der Waals surface area (Å²) in [6, 6.07) is 28.8. The van der Waals surface area contributed by atoms with Crippen LogP contribution in [0.3, 0.4) is 0 Å². The molecule has 338 valence electrons. The summed E-state index contributed by atoms with van der Waals surface area (Å²) >= 11 is 0. The van der Waals surface area contributed by atoms with Gasteiger partial charge in [-0.25, -0.2) is 0 Å². The molecular formula is C47H56NO14P. The van der Waals surface area contributed by atoms with Crippen LogP contribution in [-0.2, 0) is 49.5 Å². The predicted molar refractivity (Wildman–Crippen MR) is 234 cm³/mol. The van der Waals surface area contributed by atoms with Gasteiger partial charge in [0, 0.05) is 18.1 Å². The van der Waals surface area contributed by atoms with Crippen LogP contribution in [0.5, 0.6) is 46.0 Å². The molecule has 6 rings (SSSR count). The largest absolute Gasteiger partial charge is 0.497 e. The Labute approximate surface area is 368 Å². The molecule has 2 unspecified atom stereocenters. The minimum Gasteiger partial charge on any atom is -0.497 e. The number of aromatic nitrogens is 1. The topological polar surface area (TPSA) is 161 Å². The van der Waals surface area contributed by atoms with Crippen molar-refractivity contribution in [3.63, 3.8) is 0 Å². The first-order valence-electron chi connectivity index (χ1n) is 20.2. The maximum Gasteiger partial charge on any atom is 0.229 e. The van der Waals surface area contributed by atoms with E-state index >= 15 is 0 Å². The molecule has 6 atom stereocenters. The standard InChI is InChI=1S/C47H56NO14P/c1-51-35-14-16-36(17-15-35)61-47-46(60-29-33-13-20-39(54-4)43(26-33)57-7)45(59-28-32-12-19-38(53-3)42(25-32)56-6)44(58-27-31-11-18-37(52-2)41(24-31)55-5)40(62-47)21-23-63(49,50)30-34-10-8-9-22-48-34/h8-20,22,24-26,40,44-47H,21,23,27-30H2,1-7H3,(H,49,50)/t40-,44-,45+,46+,47?/m1/s1. The fourth-order valence-corrected chi connectivity index (χ4v) is 8.71. The van der Waals surface area contributed by atoms with Crippen molar-refractivity contribution >= 4 is 7.37 Å². The monoisotopic (exact) mass is 889 g/mol. The molecule has 0 spiro atoms. The lowest BCUT2D eigenvalue weighted by Crippen LogP contribution is -2.61. The Bertz CT molecular complexity index is 2240. The highest BCUT2D eigenvalue weighted by Gasteiger charge is 2.50. The zero-order valence-electron chi connectivity index (χ0n) is 36.6. The lowest BCUT2D eigenvalue weighted by molar-refractivity contribution is -0.304. The highest BCUT2D eigenvalue weighted by molar-refractivity contribution is 7.57. The number of pyridine rings is 1. The summed E-state index contributed by atoms with van der Waals surface area (Å²) in [5.74, 6) is 4.37. The Hall–Kier alpha value is -5.54. The Kier molecular flexibility index (Phi) is 16.9. The summed E-state index contributed by atoms with van der Waals surface area (Å²) in [5, 5.41) is 0. The van der Waals surface area contributed by atoms with E-state index in [-0.39, 0.29) is 38.6 Å². The number of nitrogens with zero attached hydrogens (tertiary/aromatic N) is 1. The maximum absolute atomic E-state index is 13.9. The van der Waals surface area contributed by atoms with Crippen molar-refractivity contribution in [1.29, 1.82) is 0 Å². The number of hydrogen-bond acceptors (Lipinski definition) is 14. The van der Waals surface area contributed by atoms with Crippen molar-refractivity contribution in [2.24, 2.45) is 0 Å². The third-order valence-electron chi connectivity index (χ3n) is 10.5. The van der Waals surface area contributed by atoms with Crippen molar-refractivity contribution in [1.82, 2.24) is 4.98 Å². The number of hydrogen-bond donors (Lipinski definition) is 1. The number of ether oxygens (including phenoxy) is 12. The molecular weight excluding hydrogens is 833 g/mol. The van der Waals surface area contributed by atoms with E-state index in [0.29, 0.717) is 51.7 Å². The van der Waals surface area contributed by atoms with Gasteiger partial charge in [0.25, 0.3) is 0 Å². The van der Waals surface area contributed by atoms with Crippen LogP contribution < -0.4 is 37.9 Å². The molecule has 15 nitrogen and oxygen atoms in total. The van der Waals surface area contributed by atoms with Crippen LogP contribution >= 0.6 is 7.37 Å². The van der Waals surface area contributed by atoms with E-state index in [9.17, 15) is 9.46 Å². The van der Waals surface area contributed by atoms with Gasteiger partial charge in [-0.05, 0) is 95.9 Å². The van der Waals surface area contributed by atoms with Gasteiger partial charge in [0.1, 0.15) is 29.8 Å². The fourth-order valence-electron chi connectivity index (χ4n) is 7.20.